The maximum atomic E-state index is 9.97. The van der Waals surface area contributed by atoms with Gasteiger partial charge >= 0.3 is 0 Å². The Bertz CT molecular complexity index is 759. The van der Waals surface area contributed by atoms with E-state index in [0.717, 1.165) is 16.2 Å². The van der Waals surface area contributed by atoms with Crippen LogP contribution in [0.3, 0.4) is 0 Å². The molecule has 0 unspecified atom stereocenters. The second kappa shape index (κ2) is 9.00. The van der Waals surface area contributed by atoms with E-state index < -0.39 is 6.10 Å². The third-order valence-electron chi connectivity index (χ3n) is 3.28. The predicted molar refractivity (Wildman–Crippen MR) is 97.0 cm³/mol. The van der Waals surface area contributed by atoms with E-state index in [1.165, 1.54) is 11.8 Å². The Morgan fingerprint density at radius 3 is 2.80 bits per heavy atom. The summed E-state index contributed by atoms with van der Waals surface area (Å²) in [7, 11) is 1.62. The summed E-state index contributed by atoms with van der Waals surface area (Å²) in [5.74, 6) is 1.63. The summed E-state index contributed by atoms with van der Waals surface area (Å²) >= 11 is 2.94. The first-order valence-electron chi connectivity index (χ1n) is 7.63. The van der Waals surface area contributed by atoms with Crippen LogP contribution in [-0.4, -0.2) is 40.9 Å². The van der Waals surface area contributed by atoms with Gasteiger partial charge in [-0.2, -0.15) is 0 Å². The fourth-order valence-corrected chi connectivity index (χ4v) is 3.33. The number of hydrogen-bond donors (Lipinski definition) is 1. The highest BCUT2D eigenvalue weighted by Crippen LogP contribution is 2.25. The highest BCUT2D eigenvalue weighted by Gasteiger charge is 2.12. The molecule has 0 saturated heterocycles. The SMILES string of the molecule is COc1ccc(-c2nnc(SC[C@H](O)COCc3cccs3)o2)cc1. The minimum absolute atomic E-state index is 0.268. The maximum Gasteiger partial charge on any atom is 0.276 e. The number of thiophene rings is 1. The summed E-state index contributed by atoms with van der Waals surface area (Å²) in [6.07, 6.45) is -0.596. The van der Waals surface area contributed by atoms with Crippen LogP contribution in [0.4, 0.5) is 0 Å². The molecule has 3 rings (SSSR count). The molecule has 1 atom stereocenters. The summed E-state index contributed by atoms with van der Waals surface area (Å²) < 4.78 is 16.2. The van der Waals surface area contributed by atoms with Gasteiger partial charge in [-0.05, 0) is 35.7 Å². The van der Waals surface area contributed by atoms with Gasteiger partial charge in [0.1, 0.15) is 5.75 Å². The average molecular weight is 378 g/mol. The topological polar surface area (TPSA) is 77.6 Å². The van der Waals surface area contributed by atoms with Crippen molar-refractivity contribution in [2.24, 2.45) is 0 Å². The lowest BCUT2D eigenvalue weighted by Crippen LogP contribution is -2.17. The second-order valence-corrected chi connectivity index (χ2v) is 7.16. The lowest BCUT2D eigenvalue weighted by atomic mass is 10.2. The van der Waals surface area contributed by atoms with Crippen molar-refractivity contribution in [3.05, 3.63) is 46.7 Å². The highest BCUT2D eigenvalue weighted by atomic mass is 32.2. The van der Waals surface area contributed by atoms with Crippen LogP contribution >= 0.6 is 23.1 Å². The number of aliphatic hydroxyl groups is 1. The van der Waals surface area contributed by atoms with Gasteiger partial charge in [-0.3, -0.25) is 0 Å². The van der Waals surface area contributed by atoms with Gasteiger partial charge < -0.3 is 19.0 Å². The van der Waals surface area contributed by atoms with Gasteiger partial charge in [-0.15, -0.1) is 21.5 Å². The Hall–Kier alpha value is -1.87. The van der Waals surface area contributed by atoms with Crippen LogP contribution in [0.25, 0.3) is 11.5 Å². The molecule has 0 bridgehead atoms. The molecule has 8 heteroatoms. The first kappa shape index (κ1) is 17.9. The van der Waals surface area contributed by atoms with Crippen molar-refractivity contribution in [1.82, 2.24) is 10.2 Å². The molecule has 6 nitrogen and oxygen atoms in total. The number of methoxy groups -OCH3 is 1. The van der Waals surface area contributed by atoms with Crippen LogP contribution in [-0.2, 0) is 11.3 Å². The van der Waals surface area contributed by atoms with Crippen LogP contribution in [0.15, 0.2) is 51.4 Å². The molecule has 0 fully saturated rings. The number of hydrogen-bond acceptors (Lipinski definition) is 8. The third kappa shape index (κ3) is 5.30. The largest absolute Gasteiger partial charge is 0.497 e. The number of aliphatic hydroxyl groups excluding tert-OH is 1. The van der Waals surface area contributed by atoms with Crippen molar-refractivity contribution >= 4 is 23.1 Å². The van der Waals surface area contributed by atoms with Gasteiger partial charge in [0.25, 0.3) is 5.22 Å². The molecule has 2 aromatic heterocycles. The molecule has 0 aliphatic rings. The van der Waals surface area contributed by atoms with E-state index in [9.17, 15) is 5.11 Å². The molecule has 0 aliphatic carbocycles. The zero-order valence-electron chi connectivity index (χ0n) is 13.6. The predicted octanol–water partition coefficient (Wildman–Crippen LogP) is 3.48. The van der Waals surface area contributed by atoms with Crippen molar-refractivity contribution in [3.63, 3.8) is 0 Å². The van der Waals surface area contributed by atoms with Crippen molar-refractivity contribution < 1.29 is 19.0 Å². The van der Waals surface area contributed by atoms with Crippen molar-refractivity contribution in [3.8, 4) is 17.2 Å². The Labute approximate surface area is 153 Å². The van der Waals surface area contributed by atoms with E-state index in [2.05, 4.69) is 10.2 Å². The zero-order valence-corrected chi connectivity index (χ0v) is 15.3. The molecule has 1 aromatic carbocycles. The summed E-state index contributed by atoms with van der Waals surface area (Å²) in [5.41, 5.74) is 0.819. The van der Waals surface area contributed by atoms with Crippen molar-refractivity contribution in [2.45, 2.75) is 17.9 Å². The number of benzene rings is 1. The zero-order chi connectivity index (χ0) is 17.5. The Balaban J connectivity index is 1.44. The molecule has 0 radical (unpaired) electrons. The first-order valence-corrected chi connectivity index (χ1v) is 9.50. The maximum absolute atomic E-state index is 9.97. The molecule has 2 heterocycles. The molecular weight excluding hydrogens is 360 g/mol. The minimum atomic E-state index is -0.596. The number of nitrogens with zero attached hydrogens (tertiary/aromatic N) is 2. The first-order chi connectivity index (χ1) is 12.2. The number of rotatable bonds is 9. The van der Waals surface area contributed by atoms with Crippen LogP contribution < -0.4 is 4.74 Å². The summed E-state index contributed by atoms with van der Waals surface area (Å²) in [6, 6.07) is 11.4. The van der Waals surface area contributed by atoms with E-state index in [1.807, 2.05) is 41.8 Å². The van der Waals surface area contributed by atoms with E-state index >= 15 is 0 Å². The van der Waals surface area contributed by atoms with Gasteiger partial charge in [0, 0.05) is 16.2 Å². The molecule has 1 N–H and O–H groups in total. The Morgan fingerprint density at radius 2 is 2.08 bits per heavy atom. The molecular formula is C17H18N2O4S2. The number of ether oxygens (including phenoxy) is 2. The fourth-order valence-electron chi connectivity index (χ4n) is 2.02. The van der Waals surface area contributed by atoms with Gasteiger partial charge in [0.2, 0.25) is 5.89 Å². The Kier molecular flexibility index (Phi) is 6.46. The van der Waals surface area contributed by atoms with Crippen molar-refractivity contribution in [2.75, 3.05) is 19.5 Å². The van der Waals surface area contributed by atoms with E-state index in [1.54, 1.807) is 18.4 Å². The van der Waals surface area contributed by atoms with E-state index in [0.29, 0.717) is 23.5 Å². The van der Waals surface area contributed by atoms with Crippen LogP contribution in [0, 0.1) is 0 Å². The highest BCUT2D eigenvalue weighted by molar-refractivity contribution is 7.99. The third-order valence-corrected chi connectivity index (χ3v) is 5.09. The Morgan fingerprint density at radius 1 is 1.24 bits per heavy atom. The lowest BCUT2D eigenvalue weighted by molar-refractivity contribution is 0.0408. The number of thioether (sulfide) groups is 1. The van der Waals surface area contributed by atoms with Gasteiger partial charge in [0.15, 0.2) is 0 Å². The molecule has 0 amide bonds. The molecule has 25 heavy (non-hydrogen) atoms. The van der Waals surface area contributed by atoms with Crippen LogP contribution in [0.5, 0.6) is 5.75 Å². The quantitative estimate of drug-likeness (QED) is 0.571. The van der Waals surface area contributed by atoms with Gasteiger partial charge in [0.05, 0.1) is 26.4 Å². The summed E-state index contributed by atoms with van der Waals surface area (Å²) in [4.78, 5) is 1.14. The average Bonchev–Trinajstić information content (AvgIpc) is 3.32. The smallest absolute Gasteiger partial charge is 0.276 e. The number of aromatic nitrogens is 2. The monoisotopic (exact) mass is 378 g/mol. The van der Waals surface area contributed by atoms with Crippen molar-refractivity contribution in [1.29, 1.82) is 0 Å². The minimum Gasteiger partial charge on any atom is -0.497 e. The lowest BCUT2D eigenvalue weighted by Gasteiger charge is -2.08. The molecule has 0 spiro atoms. The second-order valence-electron chi connectivity index (χ2n) is 5.16. The van der Waals surface area contributed by atoms with Gasteiger partial charge in [-0.1, -0.05) is 17.8 Å². The molecule has 3 aromatic rings. The molecule has 0 aliphatic heterocycles. The summed E-state index contributed by atoms with van der Waals surface area (Å²) in [6.45, 7) is 0.784. The normalized spacial score (nSPS) is 12.2. The van der Waals surface area contributed by atoms with E-state index in [-0.39, 0.29) is 6.61 Å². The summed E-state index contributed by atoms with van der Waals surface area (Å²) in [5, 5.41) is 20.4. The molecule has 132 valence electrons. The van der Waals surface area contributed by atoms with Crippen LogP contribution in [0.1, 0.15) is 4.88 Å². The van der Waals surface area contributed by atoms with Gasteiger partial charge in [-0.25, -0.2) is 0 Å². The fraction of sp³-hybridized carbons (Fsp3) is 0.294. The van der Waals surface area contributed by atoms with Crippen LogP contribution in [0.2, 0.25) is 0 Å². The standard InChI is InChI=1S/C17H18N2O4S2/c1-21-14-6-4-12(5-7-14)16-18-19-17(23-16)25-11-13(20)9-22-10-15-3-2-8-24-15/h2-8,13,20H,9-11H2,1H3/t13-/m1/s1. The molecule has 0 saturated carbocycles. The van der Waals surface area contributed by atoms with E-state index in [4.69, 9.17) is 13.9 Å².